The van der Waals surface area contributed by atoms with Crippen molar-refractivity contribution >= 4 is 39.8 Å². The van der Waals surface area contributed by atoms with Gasteiger partial charge in [-0.15, -0.1) is 24.0 Å². The van der Waals surface area contributed by atoms with E-state index in [4.69, 9.17) is 4.74 Å². The Hall–Kier alpha value is -0.0900. The molecule has 0 atom stereocenters. The minimum Gasteiger partial charge on any atom is -0.378 e. The summed E-state index contributed by atoms with van der Waals surface area (Å²) in [5.41, 5.74) is 0. The molecule has 0 aromatic carbocycles. The van der Waals surface area contributed by atoms with E-state index in [1.165, 1.54) is 38.4 Å². The maximum absolute atomic E-state index is 11.7. The molecule has 0 heterocycles. The van der Waals surface area contributed by atoms with Crippen molar-refractivity contribution in [2.45, 2.75) is 63.2 Å². The first-order chi connectivity index (χ1) is 10.8. The molecule has 144 valence electrons. The van der Waals surface area contributed by atoms with Crippen LogP contribution in [0.4, 0.5) is 0 Å². The monoisotopic (exact) mass is 475 g/mol. The molecule has 0 saturated heterocycles. The van der Waals surface area contributed by atoms with Crippen LogP contribution in [0.2, 0.25) is 0 Å². The Bertz CT molecular complexity index is 475. The summed E-state index contributed by atoms with van der Waals surface area (Å²) in [6.07, 6.45) is 8.91. The summed E-state index contributed by atoms with van der Waals surface area (Å²) in [6.45, 7) is 5.25. The zero-order valence-electron chi connectivity index (χ0n) is 15.4. The lowest BCUT2D eigenvalue weighted by molar-refractivity contribution is 0.0277. The number of halogens is 1. The minimum absolute atomic E-state index is 0. The van der Waals surface area contributed by atoms with Crippen LogP contribution in [0.3, 0.4) is 0 Å². The fourth-order valence-corrected chi connectivity index (χ4v) is 2.74. The van der Waals surface area contributed by atoms with E-state index in [0.29, 0.717) is 18.6 Å². The van der Waals surface area contributed by atoms with Gasteiger partial charge in [0.15, 0.2) is 15.8 Å². The molecule has 0 bridgehead atoms. The Labute approximate surface area is 164 Å². The van der Waals surface area contributed by atoms with Crippen LogP contribution < -0.4 is 10.6 Å². The maximum atomic E-state index is 11.7. The van der Waals surface area contributed by atoms with E-state index in [-0.39, 0.29) is 24.0 Å². The number of ether oxygens (including phenoxy) is 1. The van der Waals surface area contributed by atoms with Gasteiger partial charge in [0.05, 0.1) is 10.9 Å². The van der Waals surface area contributed by atoms with Gasteiger partial charge < -0.3 is 15.4 Å². The number of aliphatic imine (C=N–C) groups is 1. The van der Waals surface area contributed by atoms with Gasteiger partial charge in [0.2, 0.25) is 0 Å². The van der Waals surface area contributed by atoms with Gasteiger partial charge in [-0.05, 0) is 33.1 Å². The fraction of sp³-hybridized carbons (Fsp3) is 0.938. The SMILES string of the molecule is CN=C(NCCCOC1CCCCC1)NCC(C)(C)S(C)(=O)=O.I. The summed E-state index contributed by atoms with van der Waals surface area (Å²) >= 11 is 0. The van der Waals surface area contributed by atoms with Crippen molar-refractivity contribution in [3.05, 3.63) is 0 Å². The number of sulfone groups is 1. The summed E-state index contributed by atoms with van der Waals surface area (Å²) in [7, 11) is -1.43. The molecule has 0 unspecified atom stereocenters. The highest BCUT2D eigenvalue weighted by Crippen LogP contribution is 2.20. The van der Waals surface area contributed by atoms with Crippen molar-refractivity contribution in [1.29, 1.82) is 0 Å². The predicted octanol–water partition coefficient (Wildman–Crippen LogP) is 2.33. The van der Waals surface area contributed by atoms with Gasteiger partial charge in [-0.25, -0.2) is 8.42 Å². The molecule has 1 rings (SSSR count). The van der Waals surface area contributed by atoms with Crippen LogP contribution >= 0.6 is 24.0 Å². The second kappa shape index (κ2) is 11.5. The first-order valence-electron chi connectivity index (χ1n) is 8.52. The molecule has 24 heavy (non-hydrogen) atoms. The molecule has 0 aromatic heterocycles. The number of nitrogens with zero attached hydrogens (tertiary/aromatic N) is 1. The molecule has 1 aliphatic carbocycles. The average molecular weight is 475 g/mol. The fourth-order valence-electron chi connectivity index (χ4n) is 2.41. The highest BCUT2D eigenvalue weighted by molar-refractivity contribution is 14.0. The molecule has 0 aromatic rings. The number of hydrogen-bond donors (Lipinski definition) is 2. The van der Waals surface area contributed by atoms with Crippen LogP contribution in [-0.4, -0.2) is 58.2 Å². The molecule has 8 heteroatoms. The summed E-state index contributed by atoms with van der Waals surface area (Å²) < 4.78 is 28.4. The lowest BCUT2D eigenvalue weighted by Crippen LogP contribution is -2.47. The molecule has 0 aliphatic heterocycles. The molecule has 1 fully saturated rings. The molecular formula is C16H34IN3O3S. The van der Waals surface area contributed by atoms with Crippen LogP contribution in [-0.2, 0) is 14.6 Å². The van der Waals surface area contributed by atoms with Crippen molar-refractivity contribution in [2.75, 3.05) is 33.0 Å². The molecule has 6 nitrogen and oxygen atoms in total. The molecule has 0 radical (unpaired) electrons. The van der Waals surface area contributed by atoms with E-state index in [9.17, 15) is 8.42 Å². The lowest BCUT2D eigenvalue weighted by Gasteiger charge is -2.24. The number of guanidine groups is 1. The second-order valence-corrected chi connectivity index (χ2v) is 9.52. The molecular weight excluding hydrogens is 441 g/mol. The van der Waals surface area contributed by atoms with Crippen LogP contribution in [0.1, 0.15) is 52.4 Å². The van der Waals surface area contributed by atoms with E-state index in [1.807, 2.05) is 0 Å². The van der Waals surface area contributed by atoms with Crippen molar-refractivity contribution in [3.8, 4) is 0 Å². The van der Waals surface area contributed by atoms with Gasteiger partial charge in [-0.1, -0.05) is 19.3 Å². The lowest BCUT2D eigenvalue weighted by atomic mass is 9.98. The summed E-state index contributed by atoms with van der Waals surface area (Å²) in [5.74, 6) is 0.624. The number of hydrogen-bond acceptors (Lipinski definition) is 4. The Kier molecular flexibility index (Phi) is 11.5. The molecule has 2 N–H and O–H groups in total. The summed E-state index contributed by atoms with van der Waals surface area (Å²) in [6, 6.07) is 0. The minimum atomic E-state index is -3.11. The highest BCUT2D eigenvalue weighted by atomic mass is 127. The predicted molar refractivity (Wildman–Crippen MR) is 111 cm³/mol. The quantitative estimate of drug-likeness (QED) is 0.244. The second-order valence-electron chi connectivity index (χ2n) is 6.87. The van der Waals surface area contributed by atoms with E-state index in [2.05, 4.69) is 15.6 Å². The zero-order chi connectivity index (χ0) is 17.3. The van der Waals surface area contributed by atoms with Gasteiger partial charge >= 0.3 is 0 Å². The van der Waals surface area contributed by atoms with E-state index in [0.717, 1.165) is 19.6 Å². The van der Waals surface area contributed by atoms with Crippen LogP contribution in [0, 0.1) is 0 Å². The Morgan fingerprint density at radius 2 is 1.83 bits per heavy atom. The van der Waals surface area contributed by atoms with Gasteiger partial charge in [-0.2, -0.15) is 0 Å². The topological polar surface area (TPSA) is 79.8 Å². The molecule has 0 amide bonds. The molecule has 1 saturated carbocycles. The Morgan fingerprint density at radius 1 is 1.21 bits per heavy atom. The Morgan fingerprint density at radius 3 is 2.38 bits per heavy atom. The zero-order valence-corrected chi connectivity index (χ0v) is 18.6. The van der Waals surface area contributed by atoms with Gasteiger partial charge in [0.1, 0.15) is 0 Å². The number of nitrogens with one attached hydrogen (secondary N) is 2. The number of rotatable bonds is 8. The van der Waals surface area contributed by atoms with E-state index < -0.39 is 14.6 Å². The molecule has 0 spiro atoms. The van der Waals surface area contributed by atoms with Gasteiger partial charge in [0.25, 0.3) is 0 Å². The largest absolute Gasteiger partial charge is 0.378 e. The van der Waals surface area contributed by atoms with Gasteiger partial charge in [-0.3, -0.25) is 4.99 Å². The van der Waals surface area contributed by atoms with E-state index >= 15 is 0 Å². The first-order valence-corrected chi connectivity index (χ1v) is 10.4. The average Bonchev–Trinajstić information content (AvgIpc) is 2.50. The smallest absolute Gasteiger partial charge is 0.191 e. The summed E-state index contributed by atoms with van der Waals surface area (Å²) in [5, 5.41) is 6.27. The maximum Gasteiger partial charge on any atom is 0.191 e. The third-order valence-corrected chi connectivity index (χ3v) is 6.58. The third-order valence-electron chi connectivity index (χ3n) is 4.43. The van der Waals surface area contributed by atoms with Gasteiger partial charge in [0, 0.05) is 33.0 Å². The van der Waals surface area contributed by atoms with Crippen molar-refractivity contribution in [3.63, 3.8) is 0 Å². The summed E-state index contributed by atoms with van der Waals surface area (Å²) in [4.78, 5) is 4.12. The van der Waals surface area contributed by atoms with Crippen LogP contribution in [0.5, 0.6) is 0 Å². The van der Waals surface area contributed by atoms with Crippen LogP contribution in [0.25, 0.3) is 0 Å². The highest BCUT2D eigenvalue weighted by Gasteiger charge is 2.30. The van der Waals surface area contributed by atoms with E-state index in [1.54, 1.807) is 20.9 Å². The Balaban J connectivity index is 0.00000529. The van der Waals surface area contributed by atoms with Crippen molar-refractivity contribution in [1.82, 2.24) is 10.6 Å². The van der Waals surface area contributed by atoms with Crippen molar-refractivity contribution in [2.24, 2.45) is 4.99 Å². The van der Waals surface area contributed by atoms with Crippen molar-refractivity contribution < 1.29 is 13.2 Å². The third kappa shape index (κ3) is 8.84. The van der Waals surface area contributed by atoms with Crippen LogP contribution in [0.15, 0.2) is 4.99 Å². The normalized spacial score (nSPS) is 17.2. The first kappa shape index (κ1) is 23.9. The molecule has 1 aliphatic rings. The standard InChI is InChI=1S/C16H33N3O3S.HI/c1-16(2,23(4,20)21)13-19-15(17-3)18-11-8-12-22-14-9-6-5-7-10-14;/h14H,5-13H2,1-4H3,(H2,17,18,19);1H.